The minimum Gasteiger partial charge on any atom is -0.480 e. The number of hydrogen-bond acceptors (Lipinski definition) is 2. The summed E-state index contributed by atoms with van der Waals surface area (Å²) in [6.07, 6.45) is 3.58. The van der Waals surface area contributed by atoms with Gasteiger partial charge in [-0.05, 0) is 23.6 Å². The number of carboxylic acid groups (broad SMARTS) is 1. The number of hydrogen-bond donors (Lipinski definition) is 1. The normalized spacial score (nSPS) is 20.0. The number of likely N-dealkylation sites (tertiary alicyclic amines) is 1. The van der Waals surface area contributed by atoms with E-state index in [9.17, 15) is 14.7 Å². The first kappa shape index (κ1) is 17.7. The Kier molecular flexibility index (Phi) is 5.03. The fourth-order valence-electron chi connectivity index (χ4n) is 3.31. The monoisotopic (exact) mass is 347 g/mol. The summed E-state index contributed by atoms with van der Waals surface area (Å²) in [7, 11) is 0. The van der Waals surface area contributed by atoms with Crippen LogP contribution in [0.2, 0.25) is 0 Å². The van der Waals surface area contributed by atoms with Crippen LogP contribution >= 0.6 is 0 Å². The van der Waals surface area contributed by atoms with Gasteiger partial charge in [0.15, 0.2) is 0 Å². The van der Waals surface area contributed by atoms with Gasteiger partial charge in [-0.25, -0.2) is 4.79 Å². The molecule has 1 amide bonds. The molecule has 3 rings (SSSR count). The van der Waals surface area contributed by atoms with Crippen LogP contribution in [0.15, 0.2) is 79.4 Å². The third-order valence-electron chi connectivity index (χ3n) is 4.76. The molecule has 1 aliphatic heterocycles. The standard InChI is InChI=1S/C22H21NO3/c1-3-18-20(23(21(18)24)15(2)22(25)26)14-19(16-10-6-4-7-11-16)17-12-8-5-9-13-17/h3-15,18,20H,1H2,2H3,(H,25,26)/t15-,18+,20-/m0/s1. The minimum atomic E-state index is -1.01. The second kappa shape index (κ2) is 7.40. The van der Waals surface area contributed by atoms with Crippen molar-refractivity contribution in [2.45, 2.75) is 19.0 Å². The molecular weight excluding hydrogens is 326 g/mol. The maximum atomic E-state index is 12.4. The summed E-state index contributed by atoms with van der Waals surface area (Å²) in [5.74, 6) is -1.61. The van der Waals surface area contributed by atoms with E-state index in [1.807, 2.05) is 66.7 Å². The zero-order valence-electron chi connectivity index (χ0n) is 14.6. The lowest BCUT2D eigenvalue weighted by molar-refractivity contribution is -0.163. The first-order valence-corrected chi connectivity index (χ1v) is 8.54. The molecule has 0 saturated carbocycles. The van der Waals surface area contributed by atoms with Crippen LogP contribution < -0.4 is 0 Å². The average Bonchev–Trinajstić information content (AvgIpc) is 2.66. The predicted molar refractivity (Wildman–Crippen MR) is 101 cm³/mol. The van der Waals surface area contributed by atoms with E-state index >= 15 is 0 Å². The van der Waals surface area contributed by atoms with Gasteiger partial charge in [0.2, 0.25) is 5.91 Å². The number of rotatable bonds is 6. The van der Waals surface area contributed by atoms with E-state index in [0.717, 1.165) is 16.7 Å². The van der Waals surface area contributed by atoms with Gasteiger partial charge in [0.05, 0.1) is 12.0 Å². The molecule has 2 aromatic rings. The second-order valence-corrected chi connectivity index (χ2v) is 6.32. The Morgan fingerprint density at radius 1 is 1.08 bits per heavy atom. The van der Waals surface area contributed by atoms with Gasteiger partial charge in [0.25, 0.3) is 0 Å². The number of aliphatic carboxylic acids is 1. The van der Waals surface area contributed by atoms with Crippen molar-refractivity contribution in [2.24, 2.45) is 5.92 Å². The van der Waals surface area contributed by atoms with Crippen molar-refractivity contribution in [1.82, 2.24) is 4.90 Å². The van der Waals surface area contributed by atoms with E-state index in [1.165, 1.54) is 11.8 Å². The number of carbonyl (C=O) groups is 2. The lowest BCUT2D eigenvalue weighted by atomic mass is 9.82. The van der Waals surface area contributed by atoms with Gasteiger partial charge in [-0.2, -0.15) is 0 Å². The number of carboxylic acids is 1. The molecule has 4 heteroatoms. The highest BCUT2D eigenvalue weighted by Crippen LogP contribution is 2.35. The van der Waals surface area contributed by atoms with Gasteiger partial charge in [-0.3, -0.25) is 4.79 Å². The maximum Gasteiger partial charge on any atom is 0.326 e. The predicted octanol–water partition coefficient (Wildman–Crippen LogP) is 3.60. The highest BCUT2D eigenvalue weighted by Gasteiger charge is 2.48. The van der Waals surface area contributed by atoms with Gasteiger partial charge in [0.1, 0.15) is 6.04 Å². The van der Waals surface area contributed by atoms with Crippen molar-refractivity contribution in [2.75, 3.05) is 0 Å². The molecule has 0 spiro atoms. The Morgan fingerprint density at radius 2 is 1.58 bits per heavy atom. The van der Waals surface area contributed by atoms with Crippen LogP contribution in [0, 0.1) is 5.92 Å². The van der Waals surface area contributed by atoms with Crippen molar-refractivity contribution in [3.8, 4) is 0 Å². The Labute approximate surface area is 153 Å². The molecule has 26 heavy (non-hydrogen) atoms. The van der Waals surface area contributed by atoms with Gasteiger partial charge in [-0.1, -0.05) is 72.8 Å². The molecule has 1 saturated heterocycles. The smallest absolute Gasteiger partial charge is 0.326 e. The first-order chi connectivity index (χ1) is 12.5. The van der Waals surface area contributed by atoms with Crippen LogP contribution in [-0.4, -0.2) is 34.0 Å². The fourth-order valence-corrected chi connectivity index (χ4v) is 3.31. The molecule has 0 bridgehead atoms. The van der Waals surface area contributed by atoms with Crippen LogP contribution in [-0.2, 0) is 9.59 Å². The third-order valence-corrected chi connectivity index (χ3v) is 4.76. The lowest BCUT2D eigenvalue weighted by Gasteiger charge is -2.47. The van der Waals surface area contributed by atoms with Crippen molar-refractivity contribution >= 4 is 17.4 Å². The molecule has 4 nitrogen and oxygen atoms in total. The SMILES string of the molecule is C=C[C@H]1C(=O)N([C@@H](C)C(=O)O)[C@H]1C=C(c1ccccc1)c1ccccc1. The van der Waals surface area contributed by atoms with Crippen LogP contribution in [0.1, 0.15) is 18.1 Å². The summed E-state index contributed by atoms with van der Waals surface area (Å²) in [5.41, 5.74) is 3.01. The van der Waals surface area contributed by atoms with Crippen molar-refractivity contribution in [1.29, 1.82) is 0 Å². The van der Waals surface area contributed by atoms with E-state index in [-0.39, 0.29) is 11.9 Å². The Balaban J connectivity index is 2.07. The highest BCUT2D eigenvalue weighted by molar-refractivity contribution is 5.94. The van der Waals surface area contributed by atoms with E-state index in [2.05, 4.69) is 6.58 Å². The third kappa shape index (κ3) is 3.18. The quantitative estimate of drug-likeness (QED) is 0.641. The largest absolute Gasteiger partial charge is 0.480 e. The average molecular weight is 347 g/mol. The first-order valence-electron chi connectivity index (χ1n) is 8.54. The molecule has 2 aromatic carbocycles. The molecule has 3 atom stereocenters. The van der Waals surface area contributed by atoms with Crippen LogP contribution in [0.3, 0.4) is 0 Å². The molecule has 0 aliphatic carbocycles. The summed E-state index contributed by atoms with van der Waals surface area (Å²) in [6.45, 7) is 5.28. The Bertz CT molecular complexity index is 801. The zero-order valence-corrected chi connectivity index (χ0v) is 14.6. The second-order valence-electron chi connectivity index (χ2n) is 6.32. The van der Waals surface area contributed by atoms with Crippen molar-refractivity contribution in [3.05, 3.63) is 90.5 Å². The summed E-state index contributed by atoms with van der Waals surface area (Å²) in [4.78, 5) is 25.2. The topological polar surface area (TPSA) is 57.6 Å². The number of benzene rings is 2. The van der Waals surface area contributed by atoms with Crippen LogP contribution in [0.5, 0.6) is 0 Å². The molecular formula is C22H21NO3. The van der Waals surface area contributed by atoms with Gasteiger partial charge >= 0.3 is 5.97 Å². The number of nitrogens with zero attached hydrogens (tertiary/aromatic N) is 1. The lowest BCUT2D eigenvalue weighted by Crippen LogP contribution is -2.64. The molecule has 132 valence electrons. The fraction of sp³-hybridized carbons (Fsp3) is 0.182. The molecule has 0 radical (unpaired) electrons. The molecule has 1 heterocycles. The molecule has 1 fully saturated rings. The molecule has 1 N–H and O–H groups in total. The molecule has 0 unspecified atom stereocenters. The summed E-state index contributed by atoms with van der Waals surface area (Å²) >= 11 is 0. The van der Waals surface area contributed by atoms with E-state index in [1.54, 1.807) is 6.08 Å². The van der Waals surface area contributed by atoms with Crippen LogP contribution in [0.4, 0.5) is 0 Å². The number of carbonyl (C=O) groups excluding carboxylic acids is 1. The Morgan fingerprint density at radius 3 is 2.00 bits per heavy atom. The van der Waals surface area contributed by atoms with E-state index in [0.29, 0.717) is 0 Å². The summed E-state index contributed by atoms with van der Waals surface area (Å²) < 4.78 is 0. The highest BCUT2D eigenvalue weighted by atomic mass is 16.4. The zero-order chi connectivity index (χ0) is 18.7. The summed E-state index contributed by atoms with van der Waals surface area (Å²) in [6, 6.07) is 18.5. The minimum absolute atomic E-state index is 0.198. The van der Waals surface area contributed by atoms with Gasteiger partial charge < -0.3 is 10.0 Å². The van der Waals surface area contributed by atoms with E-state index < -0.39 is 17.9 Å². The van der Waals surface area contributed by atoms with Crippen molar-refractivity contribution < 1.29 is 14.7 Å². The summed E-state index contributed by atoms with van der Waals surface area (Å²) in [5, 5.41) is 9.34. The van der Waals surface area contributed by atoms with Crippen molar-refractivity contribution in [3.63, 3.8) is 0 Å². The van der Waals surface area contributed by atoms with Gasteiger partial charge in [-0.15, -0.1) is 6.58 Å². The van der Waals surface area contributed by atoms with Crippen LogP contribution in [0.25, 0.3) is 5.57 Å². The maximum absolute atomic E-state index is 12.4. The molecule has 1 aliphatic rings. The number of amides is 1. The Hall–Kier alpha value is -3.14. The van der Waals surface area contributed by atoms with E-state index in [4.69, 9.17) is 0 Å². The molecule has 0 aromatic heterocycles. The number of β-lactam (4-membered cyclic amide) rings is 1. The van der Waals surface area contributed by atoms with Gasteiger partial charge in [0, 0.05) is 0 Å².